The fraction of sp³-hybridized carbons (Fsp3) is 0.500. The molecule has 1 heterocycles. The first-order chi connectivity index (χ1) is 11.8. The van der Waals surface area contributed by atoms with Crippen molar-refractivity contribution in [2.45, 2.75) is 45.7 Å². The summed E-state index contributed by atoms with van der Waals surface area (Å²) in [4.78, 5) is 12.2. The molecular formula is C18H27N5O2. The number of urea groups is 1. The molecule has 1 aromatic carbocycles. The van der Waals surface area contributed by atoms with Crippen LogP contribution in [-0.4, -0.2) is 34.5 Å². The summed E-state index contributed by atoms with van der Waals surface area (Å²) in [7, 11) is 1.64. The fourth-order valence-corrected chi connectivity index (χ4v) is 2.44. The number of aromatic nitrogens is 3. The molecule has 2 amide bonds. The Morgan fingerprint density at radius 3 is 2.56 bits per heavy atom. The molecule has 0 saturated heterocycles. The van der Waals surface area contributed by atoms with Gasteiger partial charge < -0.3 is 19.9 Å². The highest BCUT2D eigenvalue weighted by molar-refractivity contribution is 5.89. The van der Waals surface area contributed by atoms with Crippen LogP contribution >= 0.6 is 0 Å². The molecule has 2 aromatic rings. The van der Waals surface area contributed by atoms with E-state index in [-0.39, 0.29) is 17.5 Å². The molecule has 0 aliphatic heterocycles. The Kier molecular flexibility index (Phi) is 6.14. The van der Waals surface area contributed by atoms with Gasteiger partial charge in [0.2, 0.25) is 0 Å². The van der Waals surface area contributed by atoms with E-state index in [1.54, 1.807) is 13.4 Å². The standard InChI is InChI=1S/C18H27N5O2/c1-13(16-22-19-12-23(16)10-11-25-5)20-17(24)21-15-8-6-14(7-9-15)18(2,3)4/h6-9,12-13H,10-11H2,1-5H3,(H2,20,21,24). The minimum Gasteiger partial charge on any atom is -0.383 e. The number of anilines is 1. The fourth-order valence-electron chi connectivity index (χ4n) is 2.44. The molecular weight excluding hydrogens is 318 g/mol. The molecule has 0 aliphatic carbocycles. The van der Waals surface area contributed by atoms with E-state index in [0.29, 0.717) is 19.0 Å². The number of hydrogen-bond acceptors (Lipinski definition) is 4. The maximum atomic E-state index is 12.2. The monoisotopic (exact) mass is 345 g/mol. The number of hydrogen-bond donors (Lipinski definition) is 2. The second-order valence-corrected chi connectivity index (χ2v) is 7.02. The molecule has 1 unspecified atom stereocenters. The van der Waals surface area contributed by atoms with E-state index in [9.17, 15) is 4.79 Å². The molecule has 0 aliphatic rings. The van der Waals surface area contributed by atoms with Crippen molar-refractivity contribution in [3.05, 3.63) is 42.0 Å². The van der Waals surface area contributed by atoms with Gasteiger partial charge in [-0.2, -0.15) is 0 Å². The first kappa shape index (κ1) is 18.9. The van der Waals surface area contributed by atoms with E-state index in [1.165, 1.54) is 5.56 Å². The Morgan fingerprint density at radius 1 is 1.28 bits per heavy atom. The lowest BCUT2D eigenvalue weighted by atomic mass is 9.87. The number of rotatable bonds is 6. The third kappa shape index (κ3) is 5.29. The number of benzene rings is 1. The average molecular weight is 345 g/mol. The van der Waals surface area contributed by atoms with Crippen LogP contribution in [0.2, 0.25) is 0 Å². The zero-order valence-electron chi connectivity index (χ0n) is 15.5. The van der Waals surface area contributed by atoms with Crippen LogP contribution in [0, 0.1) is 0 Å². The summed E-state index contributed by atoms with van der Waals surface area (Å²) >= 11 is 0. The molecule has 7 heteroatoms. The van der Waals surface area contributed by atoms with E-state index < -0.39 is 0 Å². The van der Waals surface area contributed by atoms with Gasteiger partial charge in [0.25, 0.3) is 0 Å². The smallest absolute Gasteiger partial charge is 0.319 e. The van der Waals surface area contributed by atoms with Crippen molar-refractivity contribution >= 4 is 11.7 Å². The SMILES string of the molecule is COCCn1cnnc1C(C)NC(=O)Nc1ccc(C(C)(C)C)cc1. The Hall–Kier alpha value is -2.41. The van der Waals surface area contributed by atoms with Crippen LogP contribution in [0.4, 0.5) is 10.5 Å². The summed E-state index contributed by atoms with van der Waals surface area (Å²) < 4.78 is 6.93. The number of amides is 2. The topological polar surface area (TPSA) is 81.1 Å². The van der Waals surface area contributed by atoms with Crippen molar-refractivity contribution in [2.75, 3.05) is 19.0 Å². The number of ether oxygens (including phenoxy) is 1. The van der Waals surface area contributed by atoms with Crippen LogP contribution in [-0.2, 0) is 16.7 Å². The van der Waals surface area contributed by atoms with Crippen LogP contribution in [0.5, 0.6) is 0 Å². The molecule has 25 heavy (non-hydrogen) atoms. The zero-order chi connectivity index (χ0) is 18.4. The maximum Gasteiger partial charge on any atom is 0.319 e. The number of nitrogens with one attached hydrogen (secondary N) is 2. The lowest BCUT2D eigenvalue weighted by Crippen LogP contribution is -2.32. The van der Waals surface area contributed by atoms with Gasteiger partial charge in [-0.25, -0.2) is 4.79 Å². The highest BCUT2D eigenvalue weighted by Gasteiger charge is 2.16. The maximum absolute atomic E-state index is 12.2. The van der Waals surface area contributed by atoms with Crippen LogP contribution in [0.1, 0.15) is 45.1 Å². The third-order valence-electron chi connectivity index (χ3n) is 3.93. The summed E-state index contributed by atoms with van der Waals surface area (Å²) in [6.07, 6.45) is 1.63. The van der Waals surface area contributed by atoms with E-state index >= 15 is 0 Å². The Balaban J connectivity index is 1.94. The molecule has 0 saturated carbocycles. The molecule has 2 N–H and O–H groups in total. The number of methoxy groups -OCH3 is 1. The minimum absolute atomic E-state index is 0.0849. The lowest BCUT2D eigenvalue weighted by Gasteiger charge is -2.19. The van der Waals surface area contributed by atoms with Gasteiger partial charge >= 0.3 is 6.03 Å². The molecule has 2 rings (SSSR count). The van der Waals surface area contributed by atoms with Gasteiger partial charge in [-0.05, 0) is 30.0 Å². The first-order valence-corrected chi connectivity index (χ1v) is 8.36. The summed E-state index contributed by atoms with van der Waals surface area (Å²) in [5.41, 5.74) is 2.05. The van der Waals surface area contributed by atoms with Crippen LogP contribution in [0.15, 0.2) is 30.6 Å². The molecule has 1 aromatic heterocycles. The van der Waals surface area contributed by atoms with Gasteiger partial charge in [0.1, 0.15) is 6.33 Å². The molecule has 136 valence electrons. The van der Waals surface area contributed by atoms with Gasteiger partial charge in [0.05, 0.1) is 12.6 Å². The van der Waals surface area contributed by atoms with E-state index in [1.807, 2.05) is 35.8 Å². The predicted octanol–water partition coefficient (Wildman–Crippen LogP) is 3.10. The third-order valence-corrected chi connectivity index (χ3v) is 3.93. The largest absolute Gasteiger partial charge is 0.383 e. The highest BCUT2D eigenvalue weighted by atomic mass is 16.5. The number of carbonyl (C=O) groups excluding carboxylic acids is 1. The van der Waals surface area contributed by atoms with Gasteiger partial charge in [0, 0.05) is 19.3 Å². The van der Waals surface area contributed by atoms with Crippen molar-refractivity contribution in [2.24, 2.45) is 0 Å². The van der Waals surface area contributed by atoms with E-state index in [2.05, 4.69) is 41.6 Å². The molecule has 7 nitrogen and oxygen atoms in total. The molecule has 0 spiro atoms. The first-order valence-electron chi connectivity index (χ1n) is 8.36. The van der Waals surface area contributed by atoms with E-state index in [0.717, 1.165) is 5.69 Å². The highest BCUT2D eigenvalue weighted by Crippen LogP contribution is 2.23. The minimum atomic E-state index is -0.280. The Labute approximate surface area is 148 Å². The van der Waals surface area contributed by atoms with Crippen molar-refractivity contribution in [1.29, 1.82) is 0 Å². The summed E-state index contributed by atoms with van der Waals surface area (Å²) in [6.45, 7) is 9.54. The van der Waals surface area contributed by atoms with E-state index in [4.69, 9.17) is 4.74 Å². The number of nitrogens with zero attached hydrogens (tertiary/aromatic N) is 3. The Bertz CT molecular complexity index is 688. The summed E-state index contributed by atoms with van der Waals surface area (Å²) in [5, 5.41) is 13.7. The summed E-state index contributed by atoms with van der Waals surface area (Å²) in [5.74, 6) is 0.690. The second-order valence-electron chi connectivity index (χ2n) is 7.02. The second kappa shape index (κ2) is 8.11. The van der Waals surface area contributed by atoms with Gasteiger partial charge in [-0.1, -0.05) is 32.9 Å². The molecule has 0 fully saturated rings. The van der Waals surface area contributed by atoms with Gasteiger partial charge in [-0.3, -0.25) is 0 Å². The molecule has 1 atom stereocenters. The normalized spacial score (nSPS) is 12.7. The van der Waals surface area contributed by atoms with Gasteiger partial charge in [-0.15, -0.1) is 10.2 Å². The quantitative estimate of drug-likeness (QED) is 0.843. The predicted molar refractivity (Wildman–Crippen MR) is 97.6 cm³/mol. The summed E-state index contributed by atoms with van der Waals surface area (Å²) in [6, 6.07) is 7.32. The van der Waals surface area contributed by atoms with Crippen molar-refractivity contribution in [1.82, 2.24) is 20.1 Å². The van der Waals surface area contributed by atoms with Crippen molar-refractivity contribution in [3.63, 3.8) is 0 Å². The van der Waals surface area contributed by atoms with Crippen LogP contribution in [0.25, 0.3) is 0 Å². The molecule has 0 radical (unpaired) electrons. The van der Waals surface area contributed by atoms with Crippen LogP contribution < -0.4 is 10.6 Å². The lowest BCUT2D eigenvalue weighted by molar-refractivity contribution is 0.185. The zero-order valence-corrected chi connectivity index (χ0v) is 15.5. The van der Waals surface area contributed by atoms with Crippen molar-refractivity contribution in [3.8, 4) is 0 Å². The van der Waals surface area contributed by atoms with Gasteiger partial charge in [0.15, 0.2) is 5.82 Å². The average Bonchev–Trinajstić information content (AvgIpc) is 3.01. The van der Waals surface area contributed by atoms with Crippen molar-refractivity contribution < 1.29 is 9.53 Å². The van der Waals surface area contributed by atoms with Crippen LogP contribution in [0.3, 0.4) is 0 Å². The molecule has 0 bridgehead atoms. The number of carbonyl (C=O) groups is 1. The Morgan fingerprint density at radius 2 is 1.96 bits per heavy atom.